The third-order valence-corrected chi connectivity index (χ3v) is 5.48. The van der Waals surface area contributed by atoms with Crippen LogP contribution >= 0.6 is 11.8 Å². The summed E-state index contributed by atoms with van der Waals surface area (Å²) in [6.07, 6.45) is 1.87. The van der Waals surface area contributed by atoms with E-state index in [1.54, 1.807) is 22.3 Å². The van der Waals surface area contributed by atoms with Gasteiger partial charge in [-0.2, -0.15) is 0 Å². The molecule has 0 saturated heterocycles. The number of hydrogen-bond donors (Lipinski definition) is 1. The fourth-order valence-electron chi connectivity index (χ4n) is 3.22. The molecule has 2 aromatic carbocycles. The number of hydrogen-bond acceptors (Lipinski definition) is 3. The summed E-state index contributed by atoms with van der Waals surface area (Å²) < 4.78 is 1.57. The van der Waals surface area contributed by atoms with E-state index in [1.807, 2.05) is 36.4 Å². The predicted molar refractivity (Wildman–Crippen MR) is 111 cm³/mol. The Morgan fingerprint density at radius 3 is 2.44 bits per heavy atom. The number of H-pyrrole nitrogens is 1. The highest BCUT2D eigenvalue weighted by molar-refractivity contribution is 7.98. The summed E-state index contributed by atoms with van der Waals surface area (Å²) in [4.78, 5) is 18.7. The lowest BCUT2D eigenvalue weighted by Gasteiger charge is -2.04. The fraction of sp³-hybridized carbons (Fsp3) is 0.182. The maximum Gasteiger partial charge on any atom is 0.272 e. The molecule has 0 aliphatic rings. The Morgan fingerprint density at radius 2 is 1.74 bits per heavy atom. The normalized spacial score (nSPS) is 11.1. The number of rotatable bonds is 6. The summed E-state index contributed by atoms with van der Waals surface area (Å²) in [6.45, 7) is 2.14. The number of thioether (sulfide) groups is 1. The van der Waals surface area contributed by atoms with E-state index in [2.05, 4.69) is 36.3 Å². The van der Waals surface area contributed by atoms with Crippen LogP contribution in [0.25, 0.3) is 16.8 Å². The van der Waals surface area contributed by atoms with Crippen molar-refractivity contribution in [3.8, 4) is 11.1 Å². The molecule has 0 aliphatic carbocycles. The molecule has 2 aromatic heterocycles. The Hall–Kier alpha value is -2.79. The van der Waals surface area contributed by atoms with Crippen LogP contribution in [-0.4, -0.2) is 14.6 Å². The Balaban J connectivity index is 1.79. The number of aromatic amines is 1. The average molecular weight is 375 g/mol. The van der Waals surface area contributed by atoms with Gasteiger partial charge in [-0.3, -0.25) is 9.89 Å². The number of aryl methyl sites for hydroxylation is 1. The highest BCUT2D eigenvalue weighted by atomic mass is 32.2. The van der Waals surface area contributed by atoms with Crippen LogP contribution in [0.2, 0.25) is 0 Å². The number of aromatic nitrogens is 3. The second-order valence-electron chi connectivity index (χ2n) is 6.43. The molecule has 0 saturated carbocycles. The van der Waals surface area contributed by atoms with E-state index in [4.69, 9.17) is 4.98 Å². The van der Waals surface area contributed by atoms with Gasteiger partial charge < -0.3 is 0 Å². The Morgan fingerprint density at radius 1 is 1.04 bits per heavy atom. The monoisotopic (exact) mass is 375 g/mol. The van der Waals surface area contributed by atoms with E-state index in [0.29, 0.717) is 11.4 Å². The molecular weight excluding hydrogens is 354 g/mol. The van der Waals surface area contributed by atoms with Crippen LogP contribution < -0.4 is 5.56 Å². The van der Waals surface area contributed by atoms with Crippen LogP contribution in [0, 0.1) is 0 Å². The summed E-state index contributed by atoms with van der Waals surface area (Å²) in [5, 5.41) is 3.27. The average Bonchev–Trinajstić information content (AvgIpc) is 3.07. The molecule has 0 atom stereocenters. The molecule has 0 fully saturated rings. The van der Waals surface area contributed by atoms with Gasteiger partial charge in [0.1, 0.15) is 0 Å². The minimum atomic E-state index is -0.0665. The van der Waals surface area contributed by atoms with Gasteiger partial charge in [0, 0.05) is 28.0 Å². The quantitative estimate of drug-likeness (QED) is 0.486. The van der Waals surface area contributed by atoms with Crippen molar-refractivity contribution in [1.82, 2.24) is 14.6 Å². The SMILES string of the molecule is CCCc1[nH]n2c(=O)cc(CSc3ccccc3)nc2c1-c1ccccc1. The molecule has 0 unspecified atom stereocenters. The molecule has 0 spiro atoms. The molecule has 4 rings (SSSR count). The van der Waals surface area contributed by atoms with Crippen molar-refractivity contribution in [2.45, 2.75) is 30.4 Å². The van der Waals surface area contributed by atoms with Crippen LogP contribution in [0.4, 0.5) is 0 Å². The fourth-order valence-corrected chi connectivity index (χ4v) is 4.03. The molecular formula is C22H21N3OS. The summed E-state index contributed by atoms with van der Waals surface area (Å²) in [7, 11) is 0. The summed E-state index contributed by atoms with van der Waals surface area (Å²) in [5.41, 5.74) is 4.61. The lowest BCUT2D eigenvalue weighted by atomic mass is 10.0. The Bertz CT molecular complexity index is 1100. The zero-order valence-electron chi connectivity index (χ0n) is 15.2. The molecule has 4 nitrogen and oxygen atoms in total. The molecule has 0 radical (unpaired) electrons. The number of nitrogens with one attached hydrogen (secondary N) is 1. The minimum Gasteiger partial charge on any atom is -0.293 e. The lowest BCUT2D eigenvalue weighted by molar-refractivity contribution is 0.815. The van der Waals surface area contributed by atoms with E-state index < -0.39 is 0 Å². The second kappa shape index (κ2) is 7.84. The van der Waals surface area contributed by atoms with Crippen LogP contribution in [-0.2, 0) is 12.2 Å². The largest absolute Gasteiger partial charge is 0.293 e. The van der Waals surface area contributed by atoms with Crippen molar-refractivity contribution in [1.29, 1.82) is 0 Å². The van der Waals surface area contributed by atoms with Crippen molar-refractivity contribution in [2.24, 2.45) is 0 Å². The third-order valence-electron chi connectivity index (χ3n) is 4.44. The van der Waals surface area contributed by atoms with Gasteiger partial charge in [0.2, 0.25) is 0 Å². The van der Waals surface area contributed by atoms with E-state index >= 15 is 0 Å². The number of fused-ring (bicyclic) bond motifs is 1. The van der Waals surface area contributed by atoms with Crippen molar-refractivity contribution < 1.29 is 0 Å². The zero-order valence-corrected chi connectivity index (χ0v) is 16.0. The molecule has 1 N–H and O–H groups in total. The maximum atomic E-state index is 12.7. The van der Waals surface area contributed by atoms with Crippen molar-refractivity contribution in [2.75, 3.05) is 0 Å². The standard InChI is InChI=1S/C22H21N3OS/c1-2-9-19-21(16-10-5-3-6-11-16)22-23-17(14-20(26)25(22)24-19)15-27-18-12-7-4-8-13-18/h3-8,10-14,24H,2,9,15H2,1H3. The van der Waals surface area contributed by atoms with Gasteiger partial charge in [-0.1, -0.05) is 61.9 Å². The first-order chi connectivity index (χ1) is 13.3. The molecule has 2 heterocycles. The Labute approximate surface area is 162 Å². The first-order valence-electron chi connectivity index (χ1n) is 9.13. The van der Waals surface area contributed by atoms with Gasteiger partial charge in [0.25, 0.3) is 5.56 Å². The second-order valence-corrected chi connectivity index (χ2v) is 7.48. The van der Waals surface area contributed by atoms with Crippen molar-refractivity contribution in [3.05, 3.63) is 88.5 Å². The molecule has 4 aromatic rings. The van der Waals surface area contributed by atoms with Gasteiger partial charge in [-0.25, -0.2) is 9.50 Å². The predicted octanol–water partition coefficient (Wildman–Crippen LogP) is 4.93. The molecule has 0 bridgehead atoms. The maximum absolute atomic E-state index is 12.7. The highest BCUT2D eigenvalue weighted by Crippen LogP contribution is 2.28. The van der Waals surface area contributed by atoms with Gasteiger partial charge in [0.15, 0.2) is 5.65 Å². The zero-order chi connectivity index (χ0) is 18.6. The lowest BCUT2D eigenvalue weighted by Crippen LogP contribution is -2.15. The third kappa shape index (κ3) is 3.69. The smallest absolute Gasteiger partial charge is 0.272 e. The van der Waals surface area contributed by atoms with Gasteiger partial charge in [0.05, 0.1) is 5.69 Å². The summed E-state index contributed by atoms with van der Waals surface area (Å²) in [6, 6.07) is 22.0. The molecule has 5 heteroatoms. The molecule has 0 aliphatic heterocycles. The highest BCUT2D eigenvalue weighted by Gasteiger charge is 2.16. The number of nitrogens with zero attached hydrogens (tertiary/aromatic N) is 2. The van der Waals surface area contributed by atoms with E-state index in [1.165, 1.54) is 4.90 Å². The van der Waals surface area contributed by atoms with Crippen LogP contribution in [0.5, 0.6) is 0 Å². The summed E-state index contributed by atoms with van der Waals surface area (Å²) in [5.74, 6) is 0.665. The topological polar surface area (TPSA) is 50.2 Å². The van der Waals surface area contributed by atoms with Gasteiger partial charge in [-0.05, 0) is 24.1 Å². The first kappa shape index (κ1) is 17.6. The van der Waals surface area contributed by atoms with Gasteiger partial charge >= 0.3 is 0 Å². The van der Waals surface area contributed by atoms with Crippen LogP contribution in [0.1, 0.15) is 24.7 Å². The molecule has 27 heavy (non-hydrogen) atoms. The summed E-state index contributed by atoms with van der Waals surface area (Å²) >= 11 is 1.69. The Kier molecular flexibility index (Phi) is 5.12. The van der Waals surface area contributed by atoms with Gasteiger partial charge in [-0.15, -0.1) is 11.8 Å². The molecule has 0 amide bonds. The van der Waals surface area contributed by atoms with E-state index in [-0.39, 0.29) is 5.56 Å². The van der Waals surface area contributed by atoms with E-state index in [0.717, 1.165) is 35.4 Å². The van der Waals surface area contributed by atoms with E-state index in [9.17, 15) is 4.79 Å². The minimum absolute atomic E-state index is 0.0665. The first-order valence-corrected chi connectivity index (χ1v) is 10.1. The molecule has 136 valence electrons. The van der Waals surface area contributed by atoms with Crippen LogP contribution in [0.3, 0.4) is 0 Å². The van der Waals surface area contributed by atoms with Crippen LogP contribution in [0.15, 0.2) is 76.4 Å². The van der Waals surface area contributed by atoms with Crippen molar-refractivity contribution in [3.63, 3.8) is 0 Å². The number of benzene rings is 2. The van der Waals surface area contributed by atoms with Crippen molar-refractivity contribution >= 4 is 17.4 Å².